The predicted molar refractivity (Wildman–Crippen MR) is 77.6 cm³/mol. The Labute approximate surface area is 123 Å². The van der Waals surface area contributed by atoms with Gasteiger partial charge in [0.15, 0.2) is 0 Å². The summed E-state index contributed by atoms with van der Waals surface area (Å²) in [5.74, 6) is -0.0521. The van der Waals surface area contributed by atoms with E-state index in [0.717, 1.165) is 25.9 Å². The number of aryl methyl sites for hydroxylation is 1. The number of nitrogens with zero attached hydrogens (tertiary/aromatic N) is 2. The van der Waals surface area contributed by atoms with Crippen LogP contribution in [0.25, 0.3) is 0 Å². The lowest BCUT2D eigenvalue weighted by molar-refractivity contribution is -0.132. The van der Waals surface area contributed by atoms with E-state index in [0.29, 0.717) is 19.4 Å². The molecule has 0 aromatic carbocycles. The van der Waals surface area contributed by atoms with Crippen molar-refractivity contribution in [1.29, 1.82) is 0 Å². The Morgan fingerprint density at radius 3 is 2.62 bits per heavy atom. The normalized spacial score (nSPS) is 20.9. The third-order valence-electron chi connectivity index (χ3n) is 4.30. The SMILES string of the molecule is O=C1NC2(CCNCC2)C(=O)N1CCCc1ccncc1. The molecule has 3 rings (SSSR count). The summed E-state index contributed by atoms with van der Waals surface area (Å²) in [5.41, 5.74) is 0.521. The van der Waals surface area contributed by atoms with Crippen molar-refractivity contribution in [2.75, 3.05) is 19.6 Å². The summed E-state index contributed by atoms with van der Waals surface area (Å²) < 4.78 is 0. The Hall–Kier alpha value is -1.95. The Morgan fingerprint density at radius 2 is 1.90 bits per heavy atom. The highest BCUT2D eigenvalue weighted by molar-refractivity contribution is 6.07. The summed E-state index contributed by atoms with van der Waals surface area (Å²) in [6.45, 7) is 2.02. The molecule has 6 heteroatoms. The first-order valence-corrected chi connectivity index (χ1v) is 7.45. The second-order valence-electron chi connectivity index (χ2n) is 5.68. The van der Waals surface area contributed by atoms with Crippen LogP contribution in [-0.2, 0) is 11.2 Å². The highest BCUT2D eigenvalue weighted by Gasteiger charge is 2.50. The predicted octanol–water partition coefficient (Wildman–Crippen LogP) is 0.688. The summed E-state index contributed by atoms with van der Waals surface area (Å²) >= 11 is 0. The molecule has 0 bridgehead atoms. The third kappa shape index (κ3) is 2.76. The number of rotatable bonds is 4. The monoisotopic (exact) mass is 288 g/mol. The minimum Gasteiger partial charge on any atom is -0.323 e. The molecule has 0 unspecified atom stereocenters. The lowest BCUT2D eigenvalue weighted by atomic mass is 9.88. The standard InChI is InChI=1S/C15H20N4O2/c20-13-15(5-9-17-10-6-15)18-14(21)19(13)11-1-2-12-3-7-16-8-4-12/h3-4,7-8,17H,1-2,5-6,9-11H2,(H,18,21). The van der Waals surface area contributed by atoms with E-state index in [1.54, 1.807) is 12.4 Å². The molecule has 1 aromatic rings. The fourth-order valence-electron chi connectivity index (χ4n) is 3.06. The average molecular weight is 288 g/mol. The number of amides is 3. The minimum absolute atomic E-state index is 0.0521. The third-order valence-corrected chi connectivity index (χ3v) is 4.30. The van der Waals surface area contributed by atoms with Crippen LogP contribution in [0.4, 0.5) is 4.79 Å². The summed E-state index contributed by atoms with van der Waals surface area (Å²) in [5, 5.41) is 6.13. The van der Waals surface area contributed by atoms with Crippen molar-refractivity contribution in [2.45, 2.75) is 31.2 Å². The zero-order valence-corrected chi connectivity index (χ0v) is 12.0. The molecular formula is C15H20N4O2. The summed E-state index contributed by atoms with van der Waals surface area (Å²) in [7, 11) is 0. The fraction of sp³-hybridized carbons (Fsp3) is 0.533. The number of imide groups is 1. The van der Waals surface area contributed by atoms with Gasteiger partial charge in [0.05, 0.1) is 0 Å². The summed E-state index contributed by atoms with van der Waals surface area (Å²) in [4.78, 5) is 30.0. The maximum Gasteiger partial charge on any atom is 0.325 e. The Bertz CT molecular complexity index is 526. The van der Waals surface area contributed by atoms with Crippen LogP contribution in [0.3, 0.4) is 0 Å². The van der Waals surface area contributed by atoms with Crippen LogP contribution in [0, 0.1) is 0 Å². The van der Waals surface area contributed by atoms with Crippen LogP contribution in [-0.4, -0.2) is 47.0 Å². The number of nitrogens with one attached hydrogen (secondary N) is 2. The smallest absolute Gasteiger partial charge is 0.323 e. The number of piperidine rings is 1. The molecule has 2 saturated heterocycles. The van der Waals surface area contributed by atoms with Crippen molar-refractivity contribution in [3.05, 3.63) is 30.1 Å². The quantitative estimate of drug-likeness (QED) is 0.799. The molecule has 6 nitrogen and oxygen atoms in total. The topological polar surface area (TPSA) is 74.3 Å². The van der Waals surface area contributed by atoms with Gasteiger partial charge in [-0.3, -0.25) is 14.7 Å². The van der Waals surface area contributed by atoms with Crippen LogP contribution in [0.2, 0.25) is 0 Å². The lowest BCUT2D eigenvalue weighted by Gasteiger charge is -2.31. The van der Waals surface area contributed by atoms with Crippen molar-refractivity contribution in [2.24, 2.45) is 0 Å². The Kier molecular flexibility index (Phi) is 3.88. The van der Waals surface area contributed by atoms with Gasteiger partial charge < -0.3 is 10.6 Å². The molecule has 1 spiro atoms. The molecule has 0 aliphatic carbocycles. The maximum atomic E-state index is 12.5. The molecular weight excluding hydrogens is 268 g/mol. The molecule has 3 amide bonds. The molecule has 21 heavy (non-hydrogen) atoms. The molecule has 0 atom stereocenters. The number of hydrogen-bond acceptors (Lipinski definition) is 4. The highest BCUT2D eigenvalue weighted by atomic mass is 16.2. The zero-order chi connectivity index (χ0) is 14.7. The van der Waals surface area contributed by atoms with Crippen LogP contribution in [0.5, 0.6) is 0 Å². The molecule has 2 aliphatic heterocycles. The van der Waals surface area contributed by atoms with E-state index >= 15 is 0 Å². The van der Waals surface area contributed by atoms with E-state index in [9.17, 15) is 9.59 Å². The lowest BCUT2D eigenvalue weighted by Crippen LogP contribution is -2.53. The van der Waals surface area contributed by atoms with Crippen LogP contribution < -0.4 is 10.6 Å². The number of carbonyl (C=O) groups excluding carboxylic acids is 2. The van der Waals surface area contributed by atoms with Crippen molar-refractivity contribution in [3.8, 4) is 0 Å². The molecule has 1 aromatic heterocycles. The first-order chi connectivity index (χ1) is 10.2. The van der Waals surface area contributed by atoms with E-state index in [1.165, 1.54) is 10.5 Å². The molecule has 2 fully saturated rings. The van der Waals surface area contributed by atoms with Crippen LogP contribution >= 0.6 is 0 Å². The van der Waals surface area contributed by atoms with Crippen molar-refractivity contribution < 1.29 is 9.59 Å². The Morgan fingerprint density at radius 1 is 1.19 bits per heavy atom. The number of hydrogen-bond donors (Lipinski definition) is 2. The largest absolute Gasteiger partial charge is 0.325 e. The number of carbonyl (C=O) groups is 2. The van der Waals surface area contributed by atoms with Crippen molar-refractivity contribution >= 4 is 11.9 Å². The molecule has 2 N–H and O–H groups in total. The number of urea groups is 1. The summed E-state index contributed by atoms with van der Waals surface area (Å²) in [6.07, 6.45) is 6.49. The van der Waals surface area contributed by atoms with Gasteiger partial charge in [-0.15, -0.1) is 0 Å². The van der Waals surface area contributed by atoms with E-state index in [4.69, 9.17) is 0 Å². The summed E-state index contributed by atoms with van der Waals surface area (Å²) in [6, 6.07) is 3.68. The van der Waals surface area contributed by atoms with E-state index < -0.39 is 5.54 Å². The molecule has 2 aliphatic rings. The Balaban J connectivity index is 1.58. The first kappa shape index (κ1) is 14.0. The molecule has 112 valence electrons. The molecule has 0 radical (unpaired) electrons. The van der Waals surface area contributed by atoms with E-state index in [1.807, 2.05) is 12.1 Å². The fourth-order valence-corrected chi connectivity index (χ4v) is 3.06. The highest BCUT2D eigenvalue weighted by Crippen LogP contribution is 2.27. The van der Waals surface area contributed by atoms with E-state index in [-0.39, 0.29) is 11.9 Å². The van der Waals surface area contributed by atoms with Gasteiger partial charge in [-0.25, -0.2) is 4.79 Å². The molecule has 3 heterocycles. The van der Waals surface area contributed by atoms with Gasteiger partial charge in [0.1, 0.15) is 5.54 Å². The van der Waals surface area contributed by atoms with Gasteiger partial charge >= 0.3 is 6.03 Å². The number of pyridine rings is 1. The van der Waals surface area contributed by atoms with Gasteiger partial charge in [0.25, 0.3) is 5.91 Å². The average Bonchev–Trinajstić information content (AvgIpc) is 2.73. The van der Waals surface area contributed by atoms with Crippen LogP contribution in [0.15, 0.2) is 24.5 Å². The van der Waals surface area contributed by atoms with Gasteiger partial charge in [-0.2, -0.15) is 0 Å². The van der Waals surface area contributed by atoms with E-state index in [2.05, 4.69) is 15.6 Å². The van der Waals surface area contributed by atoms with Gasteiger partial charge in [-0.05, 0) is 56.5 Å². The van der Waals surface area contributed by atoms with Gasteiger partial charge in [-0.1, -0.05) is 0 Å². The second kappa shape index (κ2) is 5.81. The van der Waals surface area contributed by atoms with Crippen molar-refractivity contribution in [3.63, 3.8) is 0 Å². The van der Waals surface area contributed by atoms with Gasteiger partial charge in [0, 0.05) is 18.9 Å². The molecule has 0 saturated carbocycles. The minimum atomic E-state index is -0.654. The van der Waals surface area contributed by atoms with Crippen LogP contribution in [0.1, 0.15) is 24.8 Å². The van der Waals surface area contributed by atoms with Gasteiger partial charge in [0.2, 0.25) is 0 Å². The van der Waals surface area contributed by atoms with Crippen molar-refractivity contribution in [1.82, 2.24) is 20.5 Å². The first-order valence-electron chi connectivity index (χ1n) is 7.45. The zero-order valence-electron chi connectivity index (χ0n) is 12.0. The second-order valence-corrected chi connectivity index (χ2v) is 5.68. The number of aromatic nitrogens is 1. The maximum absolute atomic E-state index is 12.5.